The zero-order valence-corrected chi connectivity index (χ0v) is 23.7. The molecule has 0 bridgehead atoms. The van der Waals surface area contributed by atoms with Gasteiger partial charge < -0.3 is 24.4 Å². The maximum absolute atomic E-state index is 13.4. The van der Waals surface area contributed by atoms with Crippen molar-refractivity contribution in [1.29, 1.82) is 0 Å². The zero-order valence-electron chi connectivity index (χ0n) is 23.7. The average molecular weight is 535 g/mol. The largest absolute Gasteiger partial charge is 0.507 e. The molecule has 1 saturated heterocycles. The maximum atomic E-state index is 13.4. The van der Waals surface area contributed by atoms with Crippen LogP contribution in [0.2, 0.25) is 0 Å². The van der Waals surface area contributed by atoms with Gasteiger partial charge in [0.1, 0.15) is 23.9 Å². The highest BCUT2D eigenvalue weighted by atomic mass is 16.5. The Balaban J connectivity index is 2.00. The Morgan fingerprint density at radius 1 is 1.05 bits per heavy atom. The van der Waals surface area contributed by atoms with Crippen LogP contribution < -0.4 is 9.47 Å². The van der Waals surface area contributed by atoms with Crippen molar-refractivity contribution in [3.63, 3.8) is 0 Å². The Bertz CT molecular complexity index is 1170. The summed E-state index contributed by atoms with van der Waals surface area (Å²) in [7, 11) is 0. The standard InChI is InChI=1S/C32H42N2O5/c1-6-10-11-21-38-26-15-12-24(13-16-26)29-28(31(36)32(37)34(29)19-18-33(8-3)9-4)30(35)25-14-17-27(23(5)22-25)39-20-7-2/h7,12-17,22,29,35H,2,6,8-11,18-21H2,1,3-5H3. The van der Waals surface area contributed by atoms with E-state index in [-0.39, 0.29) is 11.3 Å². The van der Waals surface area contributed by atoms with Crippen LogP contribution in [-0.4, -0.2) is 66.0 Å². The molecule has 2 aromatic rings. The summed E-state index contributed by atoms with van der Waals surface area (Å²) in [6.45, 7) is 15.5. The highest BCUT2D eigenvalue weighted by Gasteiger charge is 2.46. The Kier molecular flexibility index (Phi) is 11.2. The normalized spacial score (nSPS) is 16.6. The number of nitrogens with zero attached hydrogens (tertiary/aromatic N) is 2. The van der Waals surface area contributed by atoms with E-state index in [1.54, 1.807) is 29.2 Å². The topological polar surface area (TPSA) is 79.3 Å². The van der Waals surface area contributed by atoms with Gasteiger partial charge in [0.2, 0.25) is 0 Å². The maximum Gasteiger partial charge on any atom is 0.295 e. The van der Waals surface area contributed by atoms with Crippen molar-refractivity contribution >= 4 is 17.4 Å². The number of Topliss-reactive ketones (excluding diaryl/α,β-unsaturated/α-hetero) is 1. The van der Waals surface area contributed by atoms with E-state index < -0.39 is 17.7 Å². The van der Waals surface area contributed by atoms with Crippen molar-refractivity contribution in [3.05, 3.63) is 77.4 Å². The second-order valence-corrected chi connectivity index (χ2v) is 9.72. The molecule has 1 amide bonds. The molecule has 0 spiro atoms. The van der Waals surface area contributed by atoms with Crippen LogP contribution in [0.5, 0.6) is 11.5 Å². The molecule has 7 heteroatoms. The van der Waals surface area contributed by atoms with Crippen molar-refractivity contribution in [1.82, 2.24) is 9.80 Å². The number of rotatable bonds is 15. The van der Waals surface area contributed by atoms with Gasteiger partial charge in [0.05, 0.1) is 18.2 Å². The number of likely N-dealkylation sites (tertiary alicyclic amines) is 1. The number of unbranched alkanes of at least 4 members (excludes halogenated alkanes) is 2. The number of aliphatic hydroxyl groups excluding tert-OH is 1. The molecule has 1 heterocycles. The number of carbonyl (C=O) groups is 2. The van der Waals surface area contributed by atoms with E-state index in [1.807, 2.05) is 31.2 Å². The third-order valence-corrected chi connectivity index (χ3v) is 7.11. The number of ether oxygens (including phenoxy) is 2. The lowest BCUT2D eigenvalue weighted by molar-refractivity contribution is -0.140. The second kappa shape index (κ2) is 14.5. The summed E-state index contributed by atoms with van der Waals surface area (Å²) in [4.78, 5) is 30.5. The molecule has 0 radical (unpaired) electrons. The molecule has 210 valence electrons. The van der Waals surface area contributed by atoms with Crippen molar-refractivity contribution in [3.8, 4) is 11.5 Å². The average Bonchev–Trinajstić information content (AvgIpc) is 3.20. The SMILES string of the molecule is C=CCOc1ccc(C(O)=C2C(=O)C(=O)N(CCN(CC)CC)C2c2ccc(OCCCCC)cc2)cc1C. The third-order valence-electron chi connectivity index (χ3n) is 7.11. The van der Waals surface area contributed by atoms with Gasteiger partial charge in [-0.3, -0.25) is 9.59 Å². The van der Waals surface area contributed by atoms with Gasteiger partial charge >= 0.3 is 0 Å². The van der Waals surface area contributed by atoms with E-state index in [9.17, 15) is 14.7 Å². The fourth-order valence-electron chi connectivity index (χ4n) is 4.80. The number of hydrogen-bond acceptors (Lipinski definition) is 6. The molecule has 1 atom stereocenters. The quantitative estimate of drug-likeness (QED) is 0.101. The number of ketones is 1. The highest BCUT2D eigenvalue weighted by molar-refractivity contribution is 6.46. The smallest absolute Gasteiger partial charge is 0.295 e. The Labute approximate surface area is 232 Å². The van der Waals surface area contributed by atoms with Gasteiger partial charge in [-0.05, 0) is 67.9 Å². The number of aliphatic hydroxyl groups is 1. The molecule has 1 aliphatic heterocycles. The summed E-state index contributed by atoms with van der Waals surface area (Å²) in [6.07, 6.45) is 4.88. The Hall–Kier alpha value is -3.58. The number of hydrogen-bond donors (Lipinski definition) is 1. The summed E-state index contributed by atoms with van der Waals surface area (Å²) in [5.74, 6) is -0.0716. The number of likely N-dealkylation sites (N-methyl/N-ethyl adjacent to an activating group) is 1. The Morgan fingerprint density at radius 3 is 2.38 bits per heavy atom. The van der Waals surface area contributed by atoms with E-state index in [0.717, 1.165) is 49.2 Å². The molecule has 1 aliphatic rings. The summed E-state index contributed by atoms with van der Waals surface area (Å²) >= 11 is 0. The van der Waals surface area contributed by atoms with Crippen LogP contribution in [0.4, 0.5) is 0 Å². The molecule has 2 aromatic carbocycles. The van der Waals surface area contributed by atoms with Crippen LogP contribution >= 0.6 is 0 Å². The minimum absolute atomic E-state index is 0.0929. The van der Waals surface area contributed by atoms with Crippen LogP contribution in [0.25, 0.3) is 5.76 Å². The second-order valence-electron chi connectivity index (χ2n) is 9.72. The number of aryl methyl sites for hydroxylation is 1. The number of amides is 1. The van der Waals surface area contributed by atoms with Gasteiger partial charge in [0.15, 0.2) is 0 Å². The van der Waals surface area contributed by atoms with Crippen LogP contribution in [0, 0.1) is 6.92 Å². The molecule has 39 heavy (non-hydrogen) atoms. The first kappa shape index (κ1) is 30.0. The molecular weight excluding hydrogens is 492 g/mol. The molecule has 0 aromatic heterocycles. The first-order valence-corrected chi connectivity index (χ1v) is 13.9. The summed E-state index contributed by atoms with van der Waals surface area (Å²) < 4.78 is 11.5. The first-order chi connectivity index (χ1) is 18.9. The lowest BCUT2D eigenvalue weighted by atomic mass is 9.94. The van der Waals surface area contributed by atoms with E-state index in [2.05, 4.69) is 32.3 Å². The van der Waals surface area contributed by atoms with Crippen molar-refractivity contribution < 1.29 is 24.2 Å². The lowest BCUT2D eigenvalue weighted by Crippen LogP contribution is -2.38. The summed E-state index contributed by atoms with van der Waals surface area (Å²) in [6, 6.07) is 12.0. The van der Waals surface area contributed by atoms with E-state index in [0.29, 0.717) is 37.6 Å². The molecule has 1 N–H and O–H groups in total. The first-order valence-electron chi connectivity index (χ1n) is 13.9. The van der Waals surface area contributed by atoms with Gasteiger partial charge in [-0.25, -0.2) is 0 Å². The van der Waals surface area contributed by atoms with E-state index in [4.69, 9.17) is 9.47 Å². The summed E-state index contributed by atoms with van der Waals surface area (Å²) in [5.41, 5.74) is 2.10. The lowest BCUT2D eigenvalue weighted by Gasteiger charge is -2.28. The molecule has 0 saturated carbocycles. The molecule has 3 rings (SSSR count). The predicted molar refractivity (Wildman–Crippen MR) is 155 cm³/mol. The van der Waals surface area contributed by atoms with E-state index >= 15 is 0 Å². The molecule has 1 fully saturated rings. The van der Waals surface area contributed by atoms with Gasteiger partial charge in [-0.15, -0.1) is 0 Å². The van der Waals surface area contributed by atoms with Gasteiger partial charge in [-0.1, -0.05) is 58.4 Å². The number of benzene rings is 2. The van der Waals surface area contributed by atoms with Crippen LogP contribution in [0.1, 0.15) is 62.8 Å². The van der Waals surface area contributed by atoms with Crippen molar-refractivity contribution in [2.45, 2.75) is 53.0 Å². The fraction of sp³-hybridized carbons (Fsp3) is 0.438. The Morgan fingerprint density at radius 2 is 1.77 bits per heavy atom. The van der Waals surface area contributed by atoms with Gasteiger partial charge in [-0.2, -0.15) is 0 Å². The van der Waals surface area contributed by atoms with Crippen LogP contribution in [-0.2, 0) is 9.59 Å². The van der Waals surface area contributed by atoms with Crippen LogP contribution in [0.15, 0.2) is 60.7 Å². The predicted octanol–water partition coefficient (Wildman–Crippen LogP) is 5.89. The third kappa shape index (κ3) is 7.30. The number of carbonyl (C=O) groups excluding carboxylic acids is 2. The zero-order chi connectivity index (χ0) is 28.4. The van der Waals surface area contributed by atoms with Crippen LogP contribution in [0.3, 0.4) is 0 Å². The minimum atomic E-state index is -0.702. The van der Waals surface area contributed by atoms with Gasteiger partial charge in [0, 0.05) is 18.7 Å². The van der Waals surface area contributed by atoms with Crippen molar-refractivity contribution in [2.24, 2.45) is 0 Å². The molecule has 1 unspecified atom stereocenters. The molecular formula is C32H42N2O5. The van der Waals surface area contributed by atoms with Gasteiger partial charge in [0.25, 0.3) is 11.7 Å². The summed E-state index contributed by atoms with van der Waals surface area (Å²) in [5, 5.41) is 11.4. The minimum Gasteiger partial charge on any atom is -0.507 e. The molecule has 0 aliphatic carbocycles. The molecule has 7 nitrogen and oxygen atoms in total. The highest BCUT2D eigenvalue weighted by Crippen LogP contribution is 2.40. The fourth-order valence-corrected chi connectivity index (χ4v) is 4.80. The van der Waals surface area contributed by atoms with E-state index in [1.165, 1.54) is 0 Å². The monoisotopic (exact) mass is 534 g/mol. The van der Waals surface area contributed by atoms with Crippen molar-refractivity contribution in [2.75, 3.05) is 39.4 Å².